The van der Waals surface area contributed by atoms with Crippen LogP contribution in [0.3, 0.4) is 0 Å². The number of aromatic nitrogens is 3. The van der Waals surface area contributed by atoms with Crippen LogP contribution < -0.4 is 10.9 Å². The minimum absolute atomic E-state index is 0.0720. The van der Waals surface area contributed by atoms with E-state index in [-0.39, 0.29) is 17.2 Å². The van der Waals surface area contributed by atoms with Gasteiger partial charge < -0.3 is 14.9 Å². The van der Waals surface area contributed by atoms with Crippen molar-refractivity contribution in [2.75, 3.05) is 5.32 Å². The van der Waals surface area contributed by atoms with Crippen molar-refractivity contribution in [3.63, 3.8) is 0 Å². The molecule has 0 unspecified atom stereocenters. The van der Waals surface area contributed by atoms with Gasteiger partial charge in [0.15, 0.2) is 23.0 Å². The molecular weight excluding hydrogens is 472 g/mol. The van der Waals surface area contributed by atoms with Gasteiger partial charge >= 0.3 is 0 Å². The molecule has 0 aliphatic heterocycles. The minimum atomic E-state index is -1.08. The predicted molar refractivity (Wildman–Crippen MR) is 125 cm³/mol. The fourth-order valence-corrected chi connectivity index (χ4v) is 4.07. The Morgan fingerprint density at radius 1 is 1.22 bits per heavy atom. The Balaban J connectivity index is 1.89. The number of para-hydroxylation sites is 1. The first-order chi connectivity index (χ1) is 17.2. The van der Waals surface area contributed by atoms with Crippen molar-refractivity contribution in [1.29, 1.82) is 0 Å². The Kier molecular flexibility index (Phi) is 6.60. The normalized spacial score (nSPS) is 12.5. The largest absolute Gasteiger partial charge is 0.501 e. The summed E-state index contributed by atoms with van der Waals surface area (Å²) < 4.78 is 33.7. The van der Waals surface area contributed by atoms with Crippen molar-refractivity contribution in [1.82, 2.24) is 14.7 Å². The van der Waals surface area contributed by atoms with Crippen molar-refractivity contribution in [3.8, 4) is 5.75 Å². The van der Waals surface area contributed by atoms with Gasteiger partial charge in [0.1, 0.15) is 17.8 Å². The average molecular weight is 491 g/mol. The number of benzene rings is 2. The van der Waals surface area contributed by atoms with E-state index in [4.69, 9.17) is 6.57 Å². The monoisotopic (exact) mass is 491 g/mol. The van der Waals surface area contributed by atoms with E-state index in [0.717, 1.165) is 23.0 Å². The van der Waals surface area contributed by atoms with Crippen molar-refractivity contribution in [2.24, 2.45) is 7.05 Å². The molecule has 2 atom stereocenters. The molecule has 0 radical (unpaired) electrons. The van der Waals surface area contributed by atoms with Gasteiger partial charge in [-0.05, 0) is 23.3 Å². The molecule has 11 heteroatoms. The van der Waals surface area contributed by atoms with Gasteiger partial charge in [-0.15, -0.1) is 0 Å². The second-order valence-electron chi connectivity index (χ2n) is 8.01. The molecule has 0 saturated carbocycles. The lowest BCUT2D eigenvalue weighted by molar-refractivity contribution is 0.101. The van der Waals surface area contributed by atoms with Gasteiger partial charge in [0.25, 0.3) is 11.5 Å². The van der Waals surface area contributed by atoms with Crippen LogP contribution in [0.2, 0.25) is 0 Å². The molecule has 0 aliphatic rings. The molecule has 4 aromatic rings. The van der Waals surface area contributed by atoms with Gasteiger partial charge in [-0.25, -0.2) is 18.6 Å². The van der Waals surface area contributed by atoms with Gasteiger partial charge in [0.05, 0.1) is 12.8 Å². The van der Waals surface area contributed by atoms with Crippen molar-refractivity contribution in [3.05, 3.63) is 111 Å². The summed E-state index contributed by atoms with van der Waals surface area (Å²) in [5, 5.41) is 16.3. The number of hydrogen-bond donors (Lipinski definition) is 2. The summed E-state index contributed by atoms with van der Waals surface area (Å²) in [5.41, 5.74) is -0.150. The molecule has 36 heavy (non-hydrogen) atoms. The van der Waals surface area contributed by atoms with Crippen LogP contribution in [-0.2, 0) is 7.05 Å². The summed E-state index contributed by atoms with van der Waals surface area (Å²) in [7, 11) is 1.37. The van der Waals surface area contributed by atoms with E-state index in [1.54, 1.807) is 31.2 Å². The van der Waals surface area contributed by atoms with Gasteiger partial charge in [-0.2, -0.15) is 0 Å². The number of anilines is 1. The maximum Gasteiger partial charge on any atom is 0.296 e. The van der Waals surface area contributed by atoms with Crippen LogP contribution in [0.25, 0.3) is 4.85 Å². The van der Waals surface area contributed by atoms with Crippen LogP contribution in [0.1, 0.15) is 46.2 Å². The summed E-state index contributed by atoms with van der Waals surface area (Å²) >= 11 is 0. The predicted octanol–water partition coefficient (Wildman–Crippen LogP) is 4.49. The second-order valence-corrected chi connectivity index (χ2v) is 8.01. The Morgan fingerprint density at radius 3 is 2.64 bits per heavy atom. The van der Waals surface area contributed by atoms with Crippen LogP contribution in [0.4, 0.5) is 20.2 Å². The maximum atomic E-state index is 14.2. The molecule has 0 aliphatic carbocycles. The zero-order valence-corrected chi connectivity index (χ0v) is 19.1. The smallest absolute Gasteiger partial charge is 0.296 e. The molecule has 2 aromatic carbocycles. The summed E-state index contributed by atoms with van der Waals surface area (Å²) in [6.07, 6.45) is 2.37. The fraction of sp³-hybridized carbons (Fsp3) is 0.160. The van der Waals surface area contributed by atoms with E-state index >= 15 is 0 Å². The molecule has 9 nitrogen and oxygen atoms in total. The number of halogens is 2. The van der Waals surface area contributed by atoms with Crippen LogP contribution in [0.5, 0.6) is 5.75 Å². The SMILES string of the molecule is [C-]#[N+]c1ccccc1[C@@H](c1ccc(F)c(F)c1)[C@@H](C)c1nc(C(=O)Nc2cnoc2)c(O)c(=O)n1C. The lowest BCUT2D eigenvalue weighted by atomic mass is 9.80. The topological polar surface area (TPSA) is 115 Å². The summed E-state index contributed by atoms with van der Waals surface area (Å²) in [5.74, 6) is -5.29. The van der Waals surface area contributed by atoms with Crippen LogP contribution in [0.15, 0.2) is 64.2 Å². The summed E-state index contributed by atoms with van der Waals surface area (Å²) in [6.45, 7) is 9.25. The lowest BCUT2D eigenvalue weighted by Crippen LogP contribution is -2.29. The highest BCUT2D eigenvalue weighted by Crippen LogP contribution is 2.42. The molecule has 182 valence electrons. The van der Waals surface area contributed by atoms with Gasteiger partial charge in [0, 0.05) is 18.9 Å². The molecule has 0 fully saturated rings. The highest BCUT2D eigenvalue weighted by Gasteiger charge is 2.31. The number of amides is 1. The first-order valence-corrected chi connectivity index (χ1v) is 10.6. The molecule has 0 saturated heterocycles. The number of carbonyl (C=O) groups excluding carboxylic acids is 1. The van der Waals surface area contributed by atoms with Gasteiger partial charge in [-0.1, -0.05) is 42.4 Å². The Bertz CT molecular complexity index is 1540. The van der Waals surface area contributed by atoms with E-state index in [1.807, 2.05) is 0 Å². The van der Waals surface area contributed by atoms with E-state index in [2.05, 4.69) is 24.8 Å². The summed E-state index contributed by atoms with van der Waals surface area (Å²) in [6, 6.07) is 10.0. The Hall–Kier alpha value is -4.85. The first-order valence-electron chi connectivity index (χ1n) is 10.6. The van der Waals surface area contributed by atoms with E-state index in [1.165, 1.54) is 19.3 Å². The first kappa shape index (κ1) is 24.3. The molecular formula is C25H19F2N5O4. The molecule has 2 aromatic heterocycles. The minimum Gasteiger partial charge on any atom is -0.501 e. The fourth-order valence-electron chi connectivity index (χ4n) is 4.07. The van der Waals surface area contributed by atoms with Crippen molar-refractivity contribution >= 4 is 17.3 Å². The maximum absolute atomic E-state index is 14.2. The van der Waals surface area contributed by atoms with Crippen molar-refractivity contribution in [2.45, 2.75) is 18.8 Å². The lowest BCUT2D eigenvalue weighted by Gasteiger charge is -2.27. The zero-order valence-electron chi connectivity index (χ0n) is 19.1. The van der Waals surface area contributed by atoms with E-state index in [0.29, 0.717) is 11.1 Å². The number of aromatic hydroxyl groups is 1. The molecule has 0 bridgehead atoms. The molecule has 2 N–H and O–H groups in total. The molecule has 4 rings (SSSR count). The average Bonchev–Trinajstić information content (AvgIpc) is 3.38. The summed E-state index contributed by atoms with van der Waals surface area (Å²) in [4.78, 5) is 33.5. The quantitative estimate of drug-likeness (QED) is 0.384. The number of nitrogens with one attached hydrogen (secondary N) is 1. The van der Waals surface area contributed by atoms with Crippen molar-refractivity contribution < 1.29 is 23.2 Å². The number of carbonyl (C=O) groups is 1. The third-order valence-corrected chi connectivity index (χ3v) is 5.81. The van der Waals surface area contributed by atoms with Crippen LogP contribution >= 0.6 is 0 Å². The van der Waals surface area contributed by atoms with Crippen LogP contribution in [0, 0.1) is 18.2 Å². The van der Waals surface area contributed by atoms with Gasteiger partial charge in [0.2, 0.25) is 5.75 Å². The third kappa shape index (κ3) is 4.44. The number of nitrogens with zero attached hydrogens (tertiary/aromatic N) is 4. The zero-order chi connectivity index (χ0) is 26.0. The number of hydrogen-bond acceptors (Lipinski definition) is 6. The third-order valence-electron chi connectivity index (χ3n) is 5.81. The van der Waals surface area contributed by atoms with E-state index < -0.39 is 46.4 Å². The van der Waals surface area contributed by atoms with Crippen LogP contribution in [-0.4, -0.2) is 25.7 Å². The molecule has 0 spiro atoms. The molecule has 1 amide bonds. The Labute approximate surface area is 203 Å². The molecule has 2 heterocycles. The highest BCUT2D eigenvalue weighted by atomic mass is 19.2. The van der Waals surface area contributed by atoms with Gasteiger partial charge in [-0.3, -0.25) is 14.2 Å². The standard InChI is InChI=1S/C25H19F2N5O4/c1-13(20(14-8-9-17(26)18(27)10-14)16-6-4-5-7-19(16)28-2)23-31-21(22(33)25(35)32(23)3)24(34)30-15-11-29-36-12-15/h4-13,20,33H,1,3H3,(H,30,34)/t13-,20-/m1/s1. The highest BCUT2D eigenvalue weighted by molar-refractivity contribution is 6.04. The second kappa shape index (κ2) is 9.79. The Morgan fingerprint density at radius 2 is 1.97 bits per heavy atom. The number of rotatable bonds is 6. The van der Waals surface area contributed by atoms with E-state index in [9.17, 15) is 23.5 Å².